The number of carbonyl (C=O) groups is 1. The minimum absolute atomic E-state index is 0.262. The number of para-hydroxylation sites is 1. The largest absolute Gasteiger partial charge is 0.384 e. The number of amides is 1. The van der Waals surface area contributed by atoms with Gasteiger partial charge in [-0.2, -0.15) is 0 Å². The molecule has 0 radical (unpaired) electrons. The van der Waals surface area contributed by atoms with E-state index < -0.39 is 0 Å². The first-order chi connectivity index (χ1) is 13.7. The summed E-state index contributed by atoms with van der Waals surface area (Å²) in [6.07, 6.45) is 0.883. The molecule has 0 spiro atoms. The van der Waals surface area contributed by atoms with E-state index >= 15 is 0 Å². The van der Waals surface area contributed by atoms with Crippen LogP contribution in [0.3, 0.4) is 0 Å². The Bertz CT molecular complexity index is 1110. The van der Waals surface area contributed by atoms with Crippen molar-refractivity contribution in [2.75, 3.05) is 19.0 Å². The number of pyridine rings is 1. The van der Waals surface area contributed by atoms with Gasteiger partial charge in [0.15, 0.2) is 5.13 Å². The number of anilines is 1. The first kappa shape index (κ1) is 18.3. The molecule has 0 saturated heterocycles. The van der Waals surface area contributed by atoms with Gasteiger partial charge in [0.05, 0.1) is 17.8 Å². The van der Waals surface area contributed by atoms with Gasteiger partial charge in [-0.25, -0.2) is 9.97 Å². The van der Waals surface area contributed by atoms with Crippen molar-refractivity contribution in [2.45, 2.75) is 6.42 Å². The lowest BCUT2D eigenvalue weighted by molar-refractivity contribution is 0.102. The zero-order valence-electron chi connectivity index (χ0n) is 15.4. The van der Waals surface area contributed by atoms with Crippen LogP contribution in [0.4, 0.5) is 5.13 Å². The van der Waals surface area contributed by atoms with E-state index in [2.05, 4.69) is 27.4 Å². The summed E-state index contributed by atoms with van der Waals surface area (Å²) in [5, 5.41) is 6.34. The predicted octanol–water partition coefficient (Wildman–Crippen LogP) is 4.80. The molecule has 0 unspecified atom stereocenters. The Morgan fingerprint density at radius 2 is 1.86 bits per heavy atom. The summed E-state index contributed by atoms with van der Waals surface area (Å²) >= 11 is 1.40. The molecule has 0 aliphatic carbocycles. The maximum atomic E-state index is 12.5. The highest BCUT2D eigenvalue weighted by Crippen LogP contribution is 2.25. The van der Waals surface area contributed by atoms with Crippen molar-refractivity contribution in [1.29, 1.82) is 0 Å². The molecule has 4 rings (SSSR count). The van der Waals surface area contributed by atoms with Crippen LogP contribution < -0.4 is 5.32 Å². The van der Waals surface area contributed by atoms with E-state index in [1.54, 1.807) is 13.2 Å². The summed E-state index contributed by atoms with van der Waals surface area (Å²) in [4.78, 5) is 21.5. The van der Waals surface area contributed by atoms with E-state index in [0.29, 0.717) is 17.4 Å². The van der Waals surface area contributed by atoms with Gasteiger partial charge < -0.3 is 4.74 Å². The fourth-order valence-corrected chi connectivity index (χ4v) is 3.59. The van der Waals surface area contributed by atoms with E-state index in [1.807, 2.05) is 47.8 Å². The number of nitrogens with zero attached hydrogens (tertiary/aromatic N) is 2. The van der Waals surface area contributed by atoms with Gasteiger partial charge in [-0.3, -0.25) is 10.1 Å². The van der Waals surface area contributed by atoms with Gasteiger partial charge in [-0.15, -0.1) is 11.3 Å². The zero-order chi connectivity index (χ0) is 19.3. The van der Waals surface area contributed by atoms with Crippen molar-refractivity contribution in [3.05, 3.63) is 77.3 Å². The molecule has 2 heterocycles. The molecule has 4 aromatic rings. The zero-order valence-corrected chi connectivity index (χ0v) is 16.2. The van der Waals surface area contributed by atoms with Crippen molar-refractivity contribution in [3.63, 3.8) is 0 Å². The number of ether oxygens (including phenoxy) is 1. The molecule has 2 aromatic heterocycles. The molecule has 0 atom stereocenters. The summed E-state index contributed by atoms with van der Waals surface area (Å²) < 4.78 is 5.11. The number of benzene rings is 2. The number of hydrogen-bond acceptors (Lipinski definition) is 5. The van der Waals surface area contributed by atoms with E-state index in [-0.39, 0.29) is 5.91 Å². The number of fused-ring (bicyclic) bond motifs is 1. The Morgan fingerprint density at radius 3 is 2.68 bits per heavy atom. The van der Waals surface area contributed by atoms with Crippen LogP contribution in [0.15, 0.2) is 66.0 Å². The topological polar surface area (TPSA) is 64.1 Å². The average Bonchev–Trinajstić information content (AvgIpc) is 3.20. The van der Waals surface area contributed by atoms with E-state index in [1.165, 1.54) is 16.9 Å². The highest BCUT2D eigenvalue weighted by Gasteiger charge is 2.12. The Labute approximate surface area is 167 Å². The molecule has 28 heavy (non-hydrogen) atoms. The second-order valence-electron chi connectivity index (χ2n) is 6.32. The third-order valence-corrected chi connectivity index (χ3v) is 5.16. The number of carbonyl (C=O) groups excluding carboxylic acids is 1. The predicted molar refractivity (Wildman–Crippen MR) is 113 cm³/mol. The third kappa shape index (κ3) is 4.08. The lowest BCUT2D eigenvalue weighted by atomic mass is 10.1. The van der Waals surface area contributed by atoms with Crippen LogP contribution in [0.25, 0.3) is 22.2 Å². The standard InChI is InChI=1S/C22H19N3O2S/c1-27-13-12-15-6-8-17(9-7-15)20-14-28-22(24-20)25-21(26)19-11-10-16-4-2-3-5-18(16)23-19/h2-11,14H,12-13H2,1H3,(H,24,25,26). The summed E-state index contributed by atoms with van der Waals surface area (Å²) in [5.74, 6) is -0.262. The molecule has 2 aromatic carbocycles. The molecule has 1 amide bonds. The first-order valence-electron chi connectivity index (χ1n) is 8.94. The highest BCUT2D eigenvalue weighted by atomic mass is 32.1. The molecule has 0 aliphatic rings. The Kier molecular flexibility index (Phi) is 5.41. The number of hydrogen-bond donors (Lipinski definition) is 1. The quantitative estimate of drug-likeness (QED) is 0.514. The molecule has 6 heteroatoms. The molecule has 140 valence electrons. The Morgan fingerprint density at radius 1 is 1.04 bits per heavy atom. The SMILES string of the molecule is COCCc1ccc(-c2csc(NC(=O)c3ccc4ccccc4n3)n2)cc1. The lowest BCUT2D eigenvalue weighted by Crippen LogP contribution is -2.13. The van der Waals surface area contributed by atoms with E-state index in [4.69, 9.17) is 4.74 Å². The van der Waals surface area contributed by atoms with Crippen molar-refractivity contribution < 1.29 is 9.53 Å². The molecule has 0 fully saturated rings. The number of aromatic nitrogens is 2. The van der Waals surface area contributed by atoms with Crippen LogP contribution in [-0.2, 0) is 11.2 Å². The van der Waals surface area contributed by atoms with Crippen LogP contribution >= 0.6 is 11.3 Å². The van der Waals surface area contributed by atoms with Gasteiger partial charge in [0, 0.05) is 23.4 Å². The second-order valence-corrected chi connectivity index (χ2v) is 7.18. The summed E-state index contributed by atoms with van der Waals surface area (Å²) in [7, 11) is 1.70. The second kappa shape index (κ2) is 8.29. The smallest absolute Gasteiger partial charge is 0.276 e. The van der Waals surface area contributed by atoms with Gasteiger partial charge >= 0.3 is 0 Å². The number of thiazole rings is 1. The van der Waals surface area contributed by atoms with Crippen LogP contribution in [0.2, 0.25) is 0 Å². The molecular formula is C22H19N3O2S. The maximum absolute atomic E-state index is 12.5. The molecular weight excluding hydrogens is 370 g/mol. The van der Waals surface area contributed by atoms with E-state index in [0.717, 1.165) is 28.6 Å². The number of rotatable bonds is 6. The van der Waals surface area contributed by atoms with Gasteiger partial charge in [-0.1, -0.05) is 48.5 Å². The van der Waals surface area contributed by atoms with Gasteiger partial charge in [0.2, 0.25) is 0 Å². The molecule has 1 N–H and O–H groups in total. The Balaban J connectivity index is 1.47. The van der Waals surface area contributed by atoms with Crippen molar-refractivity contribution in [1.82, 2.24) is 9.97 Å². The lowest BCUT2D eigenvalue weighted by Gasteiger charge is -2.03. The highest BCUT2D eigenvalue weighted by molar-refractivity contribution is 7.14. The molecule has 0 saturated carbocycles. The monoisotopic (exact) mass is 389 g/mol. The summed E-state index contributed by atoms with van der Waals surface area (Å²) in [6.45, 7) is 0.703. The van der Waals surface area contributed by atoms with E-state index in [9.17, 15) is 4.79 Å². The van der Waals surface area contributed by atoms with Crippen LogP contribution in [0, 0.1) is 0 Å². The third-order valence-electron chi connectivity index (χ3n) is 4.40. The summed E-state index contributed by atoms with van der Waals surface area (Å²) in [5.41, 5.74) is 4.24. The van der Waals surface area contributed by atoms with Crippen LogP contribution in [0.5, 0.6) is 0 Å². The molecule has 5 nitrogen and oxygen atoms in total. The average molecular weight is 389 g/mol. The minimum atomic E-state index is -0.262. The molecule has 0 aliphatic heterocycles. The van der Waals surface area contributed by atoms with Gasteiger partial charge in [0.1, 0.15) is 5.69 Å². The maximum Gasteiger partial charge on any atom is 0.276 e. The van der Waals surface area contributed by atoms with Crippen molar-refractivity contribution in [2.24, 2.45) is 0 Å². The normalized spacial score (nSPS) is 10.9. The van der Waals surface area contributed by atoms with Crippen molar-refractivity contribution >= 4 is 33.3 Å². The number of methoxy groups -OCH3 is 1. The van der Waals surface area contributed by atoms with Crippen molar-refractivity contribution in [3.8, 4) is 11.3 Å². The fraction of sp³-hybridized carbons (Fsp3) is 0.136. The summed E-state index contributed by atoms with van der Waals surface area (Å²) in [6, 6.07) is 19.6. The van der Waals surface area contributed by atoms with Crippen LogP contribution in [-0.4, -0.2) is 29.6 Å². The first-order valence-corrected chi connectivity index (χ1v) is 9.82. The van der Waals surface area contributed by atoms with Gasteiger partial charge in [-0.05, 0) is 24.1 Å². The minimum Gasteiger partial charge on any atom is -0.384 e. The Hall–Kier alpha value is -3.09. The number of nitrogens with one attached hydrogen (secondary N) is 1. The van der Waals surface area contributed by atoms with Gasteiger partial charge in [0.25, 0.3) is 5.91 Å². The molecule has 0 bridgehead atoms. The van der Waals surface area contributed by atoms with Crippen LogP contribution in [0.1, 0.15) is 16.1 Å². The fourth-order valence-electron chi connectivity index (χ4n) is 2.88.